The Morgan fingerprint density at radius 2 is 2.43 bits per heavy atom. The lowest BCUT2D eigenvalue weighted by atomic mass is 10.2. The number of ether oxygens (including phenoxy) is 1. The van der Waals surface area contributed by atoms with Crippen molar-refractivity contribution < 1.29 is 13.2 Å². The quantitative estimate of drug-likeness (QED) is 0.905. The molecule has 1 unspecified atom stereocenters. The van der Waals surface area contributed by atoms with Gasteiger partial charge < -0.3 is 4.74 Å². The Bertz CT molecular complexity index is 701. The first-order valence-electron chi connectivity index (χ1n) is 6.75. The average molecular weight is 327 g/mol. The van der Waals surface area contributed by atoms with E-state index in [9.17, 15) is 8.42 Å². The highest BCUT2D eigenvalue weighted by Gasteiger charge is 2.25. The summed E-state index contributed by atoms with van der Waals surface area (Å²) in [6.45, 7) is 1.01. The molecule has 0 spiro atoms. The van der Waals surface area contributed by atoms with Crippen LogP contribution in [0.15, 0.2) is 28.6 Å². The Morgan fingerprint density at radius 1 is 1.57 bits per heavy atom. The minimum Gasteiger partial charge on any atom is -0.377 e. The van der Waals surface area contributed by atoms with Gasteiger partial charge >= 0.3 is 0 Å². The van der Waals surface area contributed by atoms with Gasteiger partial charge in [0.25, 0.3) is 0 Å². The third-order valence-electron chi connectivity index (χ3n) is 3.36. The molecule has 1 aliphatic heterocycles. The van der Waals surface area contributed by atoms with Gasteiger partial charge in [0.15, 0.2) is 0 Å². The molecule has 2 aromatic rings. The molecule has 0 radical (unpaired) electrons. The van der Waals surface area contributed by atoms with Crippen molar-refractivity contribution in [3.63, 3.8) is 0 Å². The van der Waals surface area contributed by atoms with Crippen molar-refractivity contribution in [3.8, 4) is 10.6 Å². The van der Waals surface area contributed by atoms with Crippen LogP contribution in [0.2, 0.25) is 0 Å². The van der Waals surface area contributed by atoms with Crippen LogP contribution in [0.4, 0.5) is 0 Å². The number of rotatable bonds is 5. The van der Waals surface area contributed by atoms with Crippen LogP contribution in [0.3, 0.4) is 0 Å². The van der Waals surface area contributed by atoms with Crippen LogP contribution in [-0.4, -0.2) is 37.5 Å². The molecule has 1 saturated heterocycles. The number of nitrogens with zero attached hydrogens (tertiary/aromatic N) is 2. The summed E-state index contributed by atoms with van der Waals surface area (Å²) in [5, 5.41) is 6.18. The molecular weight excluding hydrogens is 310 g/mol. The van der Waals surface area contributed by atoms with Crippen LogP contribution in [-0.2, 0) is 21.8 Å². The second-order valence-electron chi connectivity index (χ2n) is 4.98. The molecule has 0 saturated carbocycles. The summed E-state index contributed by atoms with van der Waals surface area (Å²) in [6.07, 6.45) is 3.39. The van der Waals surface area contributed by atoms with Gasteiger partial charge in [0.05, 0.1) is 11.0 Å². The van der Waals surface area contributed by atoms with Crippen molar-refractivity contribution in [2.45, 2.75) is 23.8 Å². The van der Waals surface area contributed by atoms with Crippen LogP contribution in [0, 0.1) is 0 Å². The maximum Gasteiger partial charge on any atom is 0.244 e. The summed E-state index contributed by atoms with van der Waals surface area (Å²) in [5.41, 5.74) is 0.493. The summed E-state index contributed by atoms with van der Waals surface area (Å²) in [7, 11) is -1.87. The van der Waals surface area contributed by atoms with E-state index in [-0.39, 0.29) is 11.0 Å². The minimum atomic E-state index is -3.59. The molecule has 3 heterocycles. The molecule has 1 N–H and O–H groups in total. The molecule has 1 fully saturated rings. The second kappa shape index (κ2) is 5.88. The van der Waals surface area contributed by atoms with E-state index in [4.69, 9.17) is 4.74 Å². The molecule has 1 atom stereocenters. The van der Waals surface area contributed by atoms with E-state index < -0.39 is 10.0 Å². The van der Waals surface area contributed by atoms with Gasteiger partial charge in [0.2, 0.25) is 10.0 Å². The monoisotopic (exact) mass is 327 g/mol. The summed E-state index contributed by atoms with van der Waals surface area (Å²) in [6, 6.07) is 3.75. The van der Waals surface area contributed by atoms with Gasteiger partial charge in [0.1, 0.15) is 10.6 Å². The largest absolute Gasteiger partial charge is 0.377 e. The first-order valence-corrected chi connectivity index (χ1v) is 9.11. The van der Waals surface area contributed by atoms with Crippen molar-refractivity contribution in [1.82, 2.24) is 14.5 Å². The van der Waals surface area contributed by atoms with E-state index in [2.05, 4.69) is 9.82 Å². The molecule has 21 heavy (non-hydrogen) atoms. The summed E-state index contributed by atoms with van der Waals surface area (Å²) < 4.78 is 34.6. The van der Waals surface area contributed by atoms with Crippen molar-refractivity contribution in [1.29, 1.82) is 0 Å². The first-order chi connectivity index (χ1) is 10.1. The maximum absolute atomic E-state index is 12.5. The minimum absolute atomic E-state index is 0.0263. The summed E-state index contributed by atoms with van der Waals surface area (Å²) in [4.78, 5) is 1.05. The van der Waals surface area contributed by atoms with Crippen LogP contribution in [0.25, 0.3) is 10.6 Å². The van der Waals surface area contributed by atoms with Gasteiger partial charge in [-0.2, -0.15) is 5.10 Å². The first kappa shape index (κ1) is 14.7. The zero-order valence-electron chi connectivity index (χ0n) is 11.7. The number of hydrogen-bond acceptors (Lipinski definition) is 5. The fourth-order valence-corrected chi connectivity index (χ4v) is 4.38. The van der Waals surface area contributed by atoms with Gasteiger partial charge in [-0.1, -0.05) is 6.07 Å². The van der Waals surface area contributed by atoms with Crippen LogP contribution in [0.5, 0.6) is 0 Å². The Morgan fingerprint density at radius 3 is 3.10 bits per heavy atom. The topological polar surface area (TPSA) is 73.2 Å². The molecule has 2 aromatic heterocycles. The zero-order valence-corrected chi connectivity index (χ0v) is 13.3. The summed E-state index contributed by atoms with van der Waals surface area (Å²) in [5.74, 6) is 0. The van der Waals surface area contributed by atoms with Gasteiger partial charge in [-0.25, -0.2) is 13.1 Å². The molecule has 0 aliphatic carbocycles. The highest BCUT2D eigenvalue weighted by molar-refractivity contribution is 7.89. The smallest absolute Gasteiger partial charge is 0.244 e. The average Bonchev–Trinajstić information content (AvgIpc) is 3.17. The standard InChI is InChI=1S/C13H17N3O3S2/c1-16-9-12(13(15-16)11-5-3-7-20-11)21(17,18)14-8-10-4-2-6-19-10/h3,5,7,9-10,14H,2,4,6,8H2,1H3. The number of hydrogen-bond donors (Lipinski definition) is 1. The predicted molar refractivity (Wildman–Crippen MR) is 80.7 cm³/mol. The number of aromatic nitrogens is 2. The molecule has 1 aliphatic rings. The van der Waals surface area contributed by atoms with Crippen LogP contribution in [0.1, 0.15) is 12.8 Å². The van der Waals surface area contributed by atoms with E-state index in [1.54, 1.807) is 7.05 Å². The van der Waals surface area contributed by atoms with E-state index in [1.807, 2.05) is 17.5 Å². The Kier molecular flexibility index (Phi) is 4.12. The zero-order chi connectivity index (χ0) is 14.9. The van der Waals surface area contributed by atoms with Gasteiger partial charge in [-0.05, 0) is 24.3 Å². The highest BCUT2D eigenvalue weighted by atomic mass is 32.2. The fraction of sp³-hybridized carbons (Fsp3) is 0.462. The Labute approximate surface area is 127 Å². The molecule has 114 valence electrons. The van der Waals surface area contributed by atoms with Crippen LogP contribution >= 0.6 is 11.3 Å². The van der Waals surface area contributed by atoms with Crippen molar-refractivity contribution in [3.05, 3.63) is 23.7 Å². The number of thiophene rings is 1. The number of aryl methyl sites for hydroxylation is 1. The van der Waals surface area contributed by atoms with Crippen molar-refractivity contribution in [2.75, 3.05) is 13.2 Å². The van der Waals surface area contributed by atoms with Gasteiger partial charge in [-0.3, -0.25) is 4.68 Å². The second-order valence-corrected chi connectivity index (χ2v) is 7.66. The maximum atomic E-state index is 12.5. The molecule has 0 bridgehead atoms. The van der Waals surface area contributed by atoms with E-state index in [0.29, 0.717) is 18.8 Å². The van der Waals surface area contributed by atoms with Crippen molar-refractivity contribution >= 4 is 21.4 Å². The number of nitrogens with one attached hydrogen (secondary N) is 1. The Hall–Kier alpha value is -1.22. The normalized spacial score (nSPS) is 19.2. The van der Waals surface area contributed by atoms with Crippen LogP contribution < -0.4 is 4.72 Å². The van der Waals surface area contributed by atoms with E-state index >= 15 is 0 Å². The highest BCUT2D eigenvalue weighted by Crippen LogP contribution is 2.29. The lowest BCUT2D eigenvalue weighted by molar-refractivity contribution is 0.114. The van der Waals surface area contributed by atoms with Gasteiger partial charge in [0, 0.05) is 26.4 Å². The molecule has 3 rings (SSSR count). The molecule has 0 amide bonds. The molecule has 0 aromatic carbocycles. The third-order valence-corrected chi connectivity index (χ3v) is 5.67. The lowest BCUT2D eigenvalue weighted by Crippen LogP contribution is -2.31. The van der Waals surface area contributed by atoms with Crippen molar-refractivity contribution in [2.24, 2.45) is 7.05 Å². The Balaban J connectivity index is 1.84. The summed E-state index contributed by atoms with van der Waals surface area (Å²) >= 11 is 1.47. The SMILES string of the molecule is Cn1cc(S(=O)(=O)NCC2CCCO2)c(-c2cccs2)n1. The van der Waals surface area contributed by atoms with E-state index in [0.717, 1.165) is 17.7 Å². The number of sulfonamides is 1. The predicted octanol–water partition coefficient (Wildman–Crippen LogP) is 1.61. The molecular formula is C13H17N3O3S2. The molecule has 6 nitrogen and oxygen atoms in total. The fourth-order valence-electron chi connectivity index (χ4n) is 2.33. The lowest BCUT2D eigenvalue weighted by Gasteiger charge is -2.11. The molecule has 8 heteroatoms. The van der Waals surface area contributed by atoms with Gasteiger partial charge in [-0.15, -0.1) is 11.3 Å². The third kappa shape index (κ3) is 3.18. The van der Waals surface area contributed by atoms with E-state index in [1.165, 1.54) is 22.2 Å².